The maximum Gasteiger partial charge on any atom is 0.269 e. The van der Waals surface area contributed by atoms with E-state index in [1.54, 1.807) is 12.1 Å². The zero-order valence-corrected chi connectivity index (χ0v) is 17.6. The molecule has 0 heterocycles. The van der Waals surface area contributed by atoms with Gasteiger partial charge in [-0.05, 0) is 77.4 Å². The molecule has 3 nitrogen and oxygen atoms in total. The minimum atomic E-state index is -0.338. The Balaban J connectivity index is 1.87. The lowest BCUT2D eigenvalue weighted by molar-refractivity contribution is -0.384. The van der Waals surface area contributed by atoms with Crippen LogP contribution in [0.2, 0.25) is 0 Å². The first-order valence-corrected chi connectivity index (χ1v) is 10.3. The molecule has 4 aromatic rings. The van der Waals surface area contributed by atoms with Crippen molar-refractivity contribution < 1.29 is 4.92 Å². The van der Waals surface area contributed by atoms with Gasteiger partial charge in [-0.3, -0.25) is 10.1 Å². The predicted molar refractivity (Wildman–Crippen MR) is 122 cm³/mol. The number of hydrogen-bond donors (Lipinski definition) is 0. The standard InChI is InChI=1S/C27H23NO2/c1-15-5-11-21-23(13-15)17(3)18(4)25-26(19-7-9-20(10-8-19)28(29)30)24-14-16(2)6-12-22(24)27(21)25/h5-14,26H,1-4H3. The molecule has 0 amide bonds. The molecule has 0 aliphatic heterocycles. The lowest BCUT2D eigenvalue weighted by Crippen LogP contribution is -2.03. The summed E-state index contributed by atoms with van der Waals surface area (Å²) >= 11 is 0. The van der Waals surface area contributed by atoms with Gasteiger partial charge in [-0.25, -0.2) is 0 Å². The van der Waals surface area contributed by atoms with Crippen molar-refractivity contribution in [2.45, 2.75) is 33.6 Å². The quantitative estimate of drug-likeness (QED) is 0.236. The van der Waals surface area contributed by atoms with Gasteiger partial charge in [0.15, 0.2) is 0 Å². The van der Waals surface area contributed by atoms with Crippen molar-refractivity contribution in [1.82, 2.24) is 0 Å². The first-order valence-electron chi connectivity index (χ1n) is 10.3. The lowest BCUT2D eigenvalue weighted by Gasteiger charge is -2.20. The second-order valence-electron chi connectivity index (χ2n) is 8.46. The van der Waals surface area contributed by atoms with Crippen LogP contribution in [-0.4, -0.2) is 4.92 Å². The van der Waals surface area contributed by atoms with Gasteiger partial charge in [0, 0.05) is 18.1 Å². The maximum absolute atomic E-state index is 11.2. The summed E-state index contributed by atoms with van der Waals surface area (Å²) in [6.45, 7) is 8.68. The highest BCUT2D eigenvalue weighted by Gasteiger charge is 2.34. The van der Waals surface area contributed by atoms with E-state index >= 15 is 0 Å². The number of rotatable bonds is 2. The Morgan fingerprint density at radius 3 is 2.13 bits per heavy atom. The van der Waals surface area contributed by atoms with Gasteiger partial charge in [-0.2, -0.15) is 0 Å². The van der Waals surface area contributed by atoms with Crippen LogP contribution in [0.25, 0.3) is 21.9 Å². The molecule has 1 aliphatic rings. The van der Waals surface area contributed by atoms with Crippen molar-refractivity contribution in [3.05, 3.63) is 110 Å². The summed E-state index contributed by atoms with van der Waals surface area (Å²) in [5.74, 6) is 0.0834. The highest BCUT2D eigenvalue weighted by molar-refractivity contribution is 6.05. The van der Waals surface area contributed by atoms with Gasteiger partial charge in [0.25, 0.3) is 5.69 Å². The van der Waals surface area contributed by atoms with E-state index in [1.807, 2.05) is 12.1 Å². The van der Waals surface area contributed by atoms with E-state index in [9.17, 15) is 10.1 Å². The molecule has 0 N–H and O–H groups in total. The third-order valence-corrected chi connectivity index (χ3v) is 6.60. The molecule has 0 radical (unpaired) electrons. The van der Waals surface area contributed by atoms with Crippen molar-refractivity contribution >= 4 is 16.5 Å². The molecular formula is C27H23NO2. The van der Waals surface area contributed by atoms with Crippen LogP contribution in [0, 0.1) is 37.8 Å². The molecule has 3 heteroatoms. The van der Waals surface area contributed by atoms with Crippen molar-refractivity contribution in [3.8, 4) is 11.1 Å². The molecule has 1 unspecified atom stereocenters. The second kappa shape index (κ2) is 6.53. The number of nitro groups is 1. The van der Waals surface area contributed by atoms with Gasteiger partial charge >= 0.3 is 0 Å². The van der Waals surface area contributed by atoms with Crippen LogP contribution in [0.4, 0.5) is 5.69 Å². The highest BCUT2D eigenvalue weighted by atomic mass is 16.6. The number of hydrogen-bond acceptors (Lipinski definition) is 2. The Kier molecular flexibility index (Phi) is 4.04. The number of benzene rings is 4. The van der Waals surface area contributed by atoms with E-state index in [4.69, 9.17) is 0 Å². The normalized spacial score (nSPS) is 14.6. The molecule has 4 aromatic carbocycles. The largest absolute Gasteiger partial charge is 0.269 e. The Morgan fingerprint density at radius 2 is 1.43 bits per heavy atom. The SMILES string of the molecule is Cc1ccc2c(c1)C(c1ccc([N+](=O)[O-])cc1)c1c(C)c(C)c3cc(C)ccc3c1-2. The molecule has 148 valence electrons. The van der Waals surface area contributed by atoms with Gasteiger partial charge in [0.05, 0.1) is 4.92 Å². The Labute approximate surface area is 176 Å². The van der Waals surface area contributed by atoms with E-state index in [2.05, 4.69) is 64.1 Å². The van der Waals surface area contributed by atoms with E-state index in [0.29, 0.717) is 0 Å². The van der Waals surface area contributed by atoms with Gasteiger partial charge in [0.2, 0.25) is 0 Å². The Hall–Kier alpha value is -3.46. The molecule has 5 rings (SSSR count). The van der Waals surface area contributed by atoms with Crippen LogP contribution in [0.5, 0.6) is 0 Å². The van der Waals surface area contributed by atoms with Gasteiger partial charge in [-0.15, -0.1) is 0 Å². The molecule has 0 bridgehead atoms. The molecule has 0 spiro atoms. The highest BCUT2D eigenvalue weighted by Crippen LogP contribution is 2.53. The minimum Gasteiger partial charge on any atom is -0.258 e. The average Bonchev–Trinajstić information content (AvgIpc) is 3.06. The number of non-ortho nitro benzene ring substituents is 1. The maximum atomic E-state index is 11.2. The van der Waals surface area contributed by atoms with E-state index in [-0.39, 0.29) is 16.5 Å². The van der Waals surface area contributed by atoms with Crippen molar-refractivity contribution in [2.75, 3.05) is 0 Å². The summed E-state index contributed by atoms with van der Waals surface area (Å²) in [5.41, 5.74) is 11.5. The summed E-state index contributed by atoms with van der Waals surface area (Å²) in [6.07, 6.45) is 0. The third kappa shape index (κ3) is 2.58. The number of nitro benzene ring substituents is 1. The second-order valence-corrected chi connectivity index (χ2v) is 8.46. The van der Waals surface area contributed by atoms with Crippen LogP contribution in [0.1, 0.15) is 44.9 Å². The monoisotopic (exact) mass is 393 g/mol. The average molecular weight is 393 g/mol. The van der Waals surface area contributed by atoms with Crippen LogP contribution < -0.4 is 0 Å². The summed E-state index contributed by atoms with van der Waals surface area (Å²) in [7, 11) is 0. The number of nitrogens with zero attached hydrogens (tertiary/aromatic N) is 1. The summed E-state index contributed by atoms with van der Waals surface area (Å²) < 4.78 is 0. The fourth-order valence-corrected chi connectivity index (χ4v) is 5.01. The molecule has 0 saturated carbocycles. The Morgan fingerprint density at radius 1 is 0.767 bits per heavy atom. The molecule has 0 fully saturated rings. The van der Waals surface area contributed by atoms with E-state index < -0.39 is 0 Å². The van der Waals surface area contributed by atoms with Crippen molar-refractivity contribution in [2.24, 2.45) is 0 Å². The van der Waals surface area contributed by atoms with Crippen molar-refractivity contribution in [1.29, 1.82) is 0 Å². The van der Waals surface area contributed by atoms with Crippen LogP contribution in [0.3, 0.4) is 0 Å². The molecule has 0 aromatic heterocycles. The zero-order valence-electron chi connectivity index (χ0n) is 17.6. The van der Waals surface area contributed by atoms with Crippen LogP contribution in [-0.2, 0) is 0 Å². The zero-order chi connectivity index (χ0) is 21.2. The van der Waals surface area contributed by atoms with Crippen LogP contribution in [0.15, 0.2) is 60.7 Å². The molecule has 0 saturated heterocycles. The topological polar surface area (TPSA) is 43.1 Å². The van der Waals surface area contributed by atoms with E-state index in [0.717, 1.165) is 5.56 Å². The number of aryl methyl sites for hydroxylation is 3. The smallest absolute Gasteiger partial charge is 0.258 e. The molecule has 30 heavy (non-hydrogen) atoms. The minimum absolute atomic E-state index is 0.0834. The Bertz CT molecular complexity index is 1350. The lowest BCUT2D eigenvalue weighted by atomic mass is 9.83. The summed E-state index contributed by atoms with van der Waals surface area (Å²) in [6, 6.07) is 20.5. The molecular weight excluding hydrogens is 370 g/mol. The first kappa shape index (κ1) is 18.6. The fraction of sp³-hybridized carbons (Fsp3) is 0.185. The molecule has 1 atom stereocenters. The first-order chi connectivity index (χ1) is 14.4. The fourth-order valence-electron chi connectivity index (χ4n) is 5.01. The summed E-state index contributed by atoms with van der Waals surface area (Å²) in [5, 5.41) is 13.7. The summed E-state index contributed by atoms with van der Waals surface area (Å²) in [4.78, 5) is 10.8. The van der Waals surface area contributed by atoms with Gasteiger partial charge in [0.1, 0.15) is 0 Å². The predicted octanol–water partition coefficient (Wildman–Crippen LogP) is 7.14. The van der Waals surface area contributed by atoms with E-state index in [1.165, 1.54) is 55.3 Å². The van der Waals surface area contributed by atoms with Gasteiger partial charge in [-0.1, -0.05) is 59.7 Å². The third-order valence-electron chi connectivity index (χ3n) is 6.60. The van der Waals surface area contributed by atoms with Crippen molar-refractivity contribution in [3.63, 3.8) is 0 Å². The van der Waals surface area contributed by atoms with Gasteiger partial charge < -0.3 is 0 Å². The number of fused-ring (bicyclic) bond motifs is 5. The van der Waals surface area contributed by atoms with Crippen LogP contribution >= 0.6 is 0 Å². The molecule has 1 aliphatic carbocycles.